The van der Waals surface area contributed by atoms with Crippen LogP contribution in [0.5, 0.6) is 0 Å². The van der Waals surface area contributed by atoms with E-state index in [4.69, 9.17) is 4.52 Å². The number of aromatic nitrogens is 4. The number of nitrogens with zero attached hydrogens (tertiary/aromatic N) is 5. The van der Waals surface area contributed by atoms with Crippen molar-refractivity contribution in [2.24, 2.45) is 0 Å². The summed E-state index contributed by atoms with van der Waals surface area (Å²) >= 11 is 0. The molecule has 1 saturated heterocycles. The Morgan fingerprint density at radius 1 is 1.50 bits per heavy atom. The fourth-order valence-electron chi connectivity index (χ4n) is 2.85. The van der Waals surface area contributed by atoms with Crippen LogP contribution in [-0.2, 0) is 17.8 Å². The number of carbonyl (C=O) groups excluding carboxylic acids is 1. The SMILES string of the molecule is CCc1nc(C2CCCN2C(=O)CCCn2cccn2)no1. The molecular formula is C15H21N5O2. The maximum atomic E-state index is 12.4. The Hall–Kier alpha value is -2.18. The molecule has 0 N–H and O–H groups in total. The highest BCUT2D eigenvalue weighted by molar-refractivity contribution is 5.76. The van der Waals surface area contributed by atoms with Gasteiger partial charge in [-0.3, -0.25) is 9.48 Å². The van der Waals surface area contributed by atoms with Gasteiger partial charge in [-0.05, 0) is 25.3 Å². The van der Waals surface area contributed by atoms with Crippen LogP contribution in [0, 0.1) is 0 Å². The first kappa shape index (κ1) is 14.7. The van der Waals surface area contributed by atoms with Gasteiger partial charge in [-0.2, -0.15) is 10.1 Å². The first-order valence-electron chi connectivity index (χ1n) is 7.87. The van der Waals surface area contributed by atoms with Crippen molar-refractivity contribution in [2.45, 2.75) is 51.6 Å². The number of carbonyl (C=O) groups is 1. The molecular weight excluding hydrogens is 282 g/mol. The number of likely N-dealkylation sites (tertiary alicyclic amines) is 1. The van der Waals surface area contributed by atoms with Crippen molar-refractivity contribution in [3.63, 3.8) is 0 Å². The van der Waals surface area contributed by atoms with E-state index in [2.05, 4.69) is 15.2 Å². The Morgan fingerprint density at radius 2 is 2.41 bits per heavy atom. The zero-order valence-electron chi connectivity index (χ0n) is 12.8. The van der Waals surface area contributed by atoms with Crippen molar-refractivity contribution < 1.29 is 9.32 Å². The lowest BCUT2D eigenvalue weighted by Crippen LogP contribution is -2.31. The fraction of sp³-hybridized carbons (Fsp3) is 0.600. The number of rotatable bonds is 6. The zero-order chi connectivity index (χ0) is 15.4. The van der Waals surface area contributed by atoms with E-state index in [1.54, 1.807) is 6.20 Å². The Bertz CT molecular complexity index is 607. The Kier molecular flexibility index (Phi) is 4.50. The van der Waals surface area contributed by atoms with Crippen LogP contribution in [0.2, 0.25) is 0 Å². The van der Waals surface area contributed by atoms with Gasteiger partial charge in [-0.15, -0.1) is 0 Å². The van der Waals surface area contributed by atoms with E-state index in [-0.39, 0.29) is 11.9 Å². The summed E-state index contributed by atoms with van der Waals surface area (Å²) in [6.45, 7) is 3.52. The van der Waals surface area contributed by atoms with Crippen LogP contribution in [0.3, 0.4) is 0 Å². The van der Waals surface area contributed by atoms with Crippen molar-refractivity contribution in [1.82, 2.24) is 24.8 Å². The molecule has 118 valence electrons. The summed E-state index contributed by atoms with van der Waals surface area (Å²) in [6.07, 6.45) is 7.59. The van der Waals surface area contributed by atoms with Crippen LogP contribution >= 0.6 is 0 Å². The highest BCUT2D eigenvalue weighted by atomic mass is 16.5. The molecule has 22 heavy (non-hydrogen) atoms. The average molecular weight is 303 g/mol. The van der Waals surface area contributed by atoms with E-state index in [0.29, 0.717) is 18.1 Å². The molecule has 0 bridgehead atoms. The summed E-state index contributed by atoms with van der Waals surface area (Å²) in [7, 11) is 0. The molecule has 0 saturated carbocycles. The van der Waals surface area contributed by atoms with Crippen LogP contribution in [0.15, 0.2) is 23.0 Å². The third-order valence-corrected chi connectivity index (χ3v) is 3.99. The third-order valence-electron chi connectivity index (χ3n) is 3.99. The van der Waals surface area contributed by atoms with Gasteiger partial charge >= 0.3 is 0 Å². The van der Waals surface area contributed by atoms with E-state index < -0.39 is 0 Å². The highest BCUT2D eigenvalue weighted by Gasteiger charge is 2.32. The summed E-state index contributed by atoms with van der Waals surface area (Å²) < 4.78 is 7.02. The minimum absolute atomic E-state index is 0.0266. The van der Waals surface area contributed by atoms with Crippen LogP contribution in [0.25, 0.3) is 0 Å². The standard InChI is InChI=1S/C15H21N5O2/c1-2-13-17-15(18-22-13)12-6-3-11-20(12)14(21)7-4-9-19-10-5-8-16-19/h5,8,10,12H,2-4,6-7,9,11H2,1H3. The van der Waals surface area contributed by atoms with Crippen molar-refractivity contribution >= 4 is 5.91 Å². The van der Waals surface area contributed by atoms with E-state index >= 15 is 0 Å². The summed E-state index contributed by atoms with van der Waals surface area (Å²) in [5, 5.41) is 8.17. The topological polar surface area (TPSA) is 77.1 Å². The molecule has 2 aromatic heterocycles. The van der Waals surface area contributed by atoms with Gasteiger partial charge in [0.25, 0.3) is 0 Å². The monoisotopic (exact) mass is 303 g/mol. The fourth-order valence-corrected chi connectivity index (χ4v) is 2.85. The van der Waals surface area contributed by atoms with Crippen molar-refractivity contribution in [2.75, 3.05) is 6.54 Å². The molecule has 1 unspecified atom stereocenters. The molecule has 0 aliphatic carbocycles. The van der Waals surface area contributed by atoms with Gasteiger partial charge in [0.1, 0.15) is 0 Å². The van der Waals surface area contributed by atoms with E-state index in [1.165, 1.54) is 0 Å². The lowest BCUT2D eigenvalue weighted by molar-refractivity contribution is -0.132. The van der Waals surface area contributed by atoms with Crippen molar-refractivity contribution in [1.29, 1.82) is 0 Å². The summed E-state index contributed by atoms with van der Waals surface area (Å²) in [5.74, 6) is 1.44. The molecule has 3 rings (SSSR count). The van der Waals surface area contributed by atoms with Crippen LogP contribution in [0.1, 0.15) is 50.4 Å². The van der Waals surface area contributed by atoms with Gasteiger partial charge < -0.3 is 9.42 Å². The third kappa shape index (κ3) is 3.18. The molecule has 0 aromatic carbocycles. The van der Waals surface area contributed by atoms with Gasteiger partial charge in [0, 0.05) is 38.3 Å². The number of hydrogen-bond acceptors (Lipinski definition) is 5. The molecule has 3 heterocycles. The van der Waals surface area contributed by atoms with Gasteiger partial charge in [-0.1, -0.05) is 12.1 Å². The van der Waals surface area contributed by atoms with E-state index in [1.807, 2.05) is 28.8 Å². The largest absolute Gasteiger partial charge is 0.339 e. The van der Waals surface area contributed by atoms with Crippen LogP contribution in [-0.4, -0.2) is 37.3 Å². The van der Waals surface area contributed by atoms with Crippen LogP contribution in [0.4, 0.5) is 0 Å². The first-order valence-corrected chi connectivity index (χ1v) is 7.87. The molecule has 1 amide bonds. The molecule has 1 aliphatic rings. The predicted molar refractivity (Wildman–Crippen MR) is 78.8 cm³/mol. The highest BCUT2D eigenvalue weighted by Crippen LogP contribution is 2.30. The summed E-state index contributed by atoms with van der Waals surface area (Å²) in [6, 6.07) is 1.86. The molecule has 7 heteroatoms. The minimum atomic E-state index is -0.0266. The molecule has 1 aliphatic heterocycles. The van der Waals surface area contributed by atoms with Gasteiger partial charge in [0.05, 0.1) is 6.04 Å². The minimum Gasteiger partial charge on any atom is -0.339 e. The first-order chi connectivity index (χ1) is 10.8. The molecule has 1 fully saturated rings. The number of aryl methyl sites for hydroxylation is 2. The number of hydrogen-bond donors (Lipinski definition) is 0. The lowest BCUT2D eigenvalue weighted by Gasteiger charge is -2.22. The molecule has 0 radical (unpaired) electrons. The Labute approximate surface area is 129 Å². The summed E-state index contributed by atoms with van der Waals surface area (Å²) in [4.78, 5) is 18.7. The second-order valence-electron chi connectivity index (χ2n) is 5.52. The quantitative estimate of drug-likeness (QED) is 0.815. The van der Waals surface area contributed by atoms with Gasteiger partial charge in [-0.25, -0.2) is 0 Å². The van der Waals surface area contributed by atoms with Crippen LogP contribution < -0.4 is 0 Å². The normalized spacial score (nSPS) is 18.0. The molecule has 0 spiro atoms. The lowest BCUT2D eigenvalue weighted by atomic mass is 10.2. The second kappa shape index (κ2) is 6.72. The molecule has 7 nitrogen and oxygen atoms in total. The van der Waals surface area contributed by atoms with E-state index in [0.717, 1.165) is 38.8 Å². The Balaban J connectivity index is 1.56. The smallest absolute Gasteiger partial charge is 0.226 e. The van der Waals surface area contributed by atoms with Crippen molar-refractivity contribution in [3.05, 3.63) is 30.2 Å². The van der Waals surface area contributed by atoms with Gasteiger partial charge in [0.15, 0.2) is 5.82 Å². The molecule has 1 atom stereocenters. The molecule has 2 aromatic rings. The second-order valence-corrected chi connectivity index (χ2v) is 5.52. The van der Waals surface area contributed by atoms with E-state index in [9.17, 15) is 4.79 Å². The maximum Gasteiger partial charge on any atom is 0.226 e. The predicted octanol–water partition coefficient (Wildman–Crippen LogP) is 1.97. The van der Waals surface area contributed by atoms with Crippen molar-refractivity contribution in [3.8, 4) is 0 Å². The average Bonchev–Trinajstić information content (AvgIpc) is 3.27. The summed E-state index contributed by atoms with van der Waals surface area (Å²) in [5.41, 5.74) is 0. The maximum absolute atomic E-state index is 12.4. The van der Waals surface area contributed by atoms with Gasteiger partial charge in [0.2, 0.25) is 11.8 Å². The zero-order valence-corrected chi connectivity index (χ0v) is 12.8. The Morgan fingerprint density at radius 3 is 3.14 bits per heavy atom. The number of amides is 1.